The quantitative estimate of drug-likeness (QED) is 0.160. The van der Waals surface area contributed by atoms with Crippen LogP contribution in [-0.2, 0) is 0 Å². The largest absolute Gasteiger partial charge is 0.456 e. The van der Waals surface area contributed by atoms with Crippen LogP contribution in [0.15, 0.2) is 252 Å². The molecule has 0 aliphatic rings. The van der Waals surface area contributed by atoms with E-state index in [1.807, 2.05) is 18.2 Å². The molecule has 10 aromatic carbocycles. The van der Waals surface area contributed by atoms with Crippen LogP contribution in [0.1, 0.15) is 0 Å². The van der Waals surface area contributed by atoms with Crippen molar-refractivity contribution < 1.29 is 8.83 Å². The first-order chi connectivity index (χ1) is 34.1. The average Bonchev–Trinajstić information content (AvgIpc) is 4.10. The molecule has 0 bridgehead atoms. The molecule has 4 heterocycles. The first-order valence-corrected chi connectivity index (χ1v) is 23.4. The molecular weight excluding hydrogens is 841 g/mol. The third kappa shape index (κ3) is 6.64. The van der Waals surface area contributed by atoms with E-state index in [2.05, 4.69) is 228 Å². The summed E-state index contributed by atoms with van der Waals surface area (Å²) in [6, 6.07) is 85.3. The molecule has 0 N–H and O–H groups in total. The zero-order valence-corrected chi connectivity index (χ0v) is 37.3. The zero-order chi connectivity index (χ0) is 45.4. The highest BCUT2D eigenvalue weighted by molar-refractivity contribution is 6.12. The summed E-state index contributed by atoms with van der Waals surface area (Å²) in [5.74, 6) is 0. The topological polar surface area (TPSA) is 44.1 Å². The SMILES string of the molecule is c1ccc(-n2c3ccc(-c4cccc(-c5cccc(-c6ccc7oc8ccccc8c7c6)c5)c4)cc3c3cc(-c4cccc(-c5cccc(-c6ccc7oc8ncccc8c7c6)c5)c4)ccc32)cc1. The van der Waals surface area contributed by atoms with Crippen LogP contribution in [0.3, 0.4) is 0 Å². The number of pyridine rings is 1. The van der Waals surface area contributed by atoms with Crippen LogP contribution < -0.4 is 0 Å². The number of aromatic nitrogens is 2. The van der Waals surface area contributed by atoms with Crippen LogP contribution in [0.5, 0.6) is 0 Å². The van der Waals surface area contributed by atoms with E-state index in [9.17, 15) is 0 Å². The molecule has 0 spiro atoms. The summed E-state index contributed by atoms with van der Waals surface area (Å²) in [6.07, 6.45) is 1.77. The number of furan rings is 2. The normalized spacial score (nSPS) is 11.8. The summed E-state index contributed by atoms with van der Waals surface area (Å²) in [6.45, 7) is 0. The fourth-order valence-electron chi connectivity index (χ4n) is 10.4. The fourth-order valence-corrected chi connectivity index (χ4v) is 10.4. The van der Waals surface area contributed by atoms with E-state index >= 15 is 0 Å². The summed E-state index contributed by atoms with van der Waals surface area (Å²) in [4.78, 5) is 4.43. The van der Waals surface area contributed by atoms with Crippen molar-refractivity contribution in [1.29, 1.82) is 0 Å². The number of hydrogen-bond acceptors (Lipinski definition) is 3. The molecule has 69 heavy (non-hydrogen) atoms. The molecule has 0 amide bonds. The minimum Gasteiger partial charge on any atom is -0.456 e. The van der Waals surface area contributed by atoms with E-state index in [1.165, 1.54) is 71.9 Å². The maximum Gasteiger partial charge on any atom is 0.227 e. The maximum atomic E-state index is 6.14. The van der Waals surface area contributed by atoms with Crippen molar-refractivity contribution in [3.8, 4) is 72.4 Å². The van der Waals surface area contributed by atoms with E-state index in [-0.39, 0.29) is 0 Å². The molecule has 4 aromatic heterocycles. The monoisotopic (exact) mass is 880 g/mol. The van der Waals surface area contributed by atoms with Gasteiger partial charge in [-0.1, -0.05) is 133 Å². The lowest BCUT2D eigenvalue weighted by molar-refractivity contribution is 0.654. The molecule has 0 atom stereocenters. The molecule has 4 heteroatoms. The van der Waals surface area contributed by atoms with Gasteiger partial charge in [0.05, 0.1) is 11.0 Å². The second-order valence-corrected chi connectivity index (χ2v) is 17.9. The van der Waals surface area contributed by atoms with Gasteiger partial charge in [0, 0.05) is 44.2 Å². The number of fused-ring (bicyclic) bond motifs is 9. The highest BCUT2D eigenvalue weighted by atomic mass is 16.3. The summed E-state index contributed by atoms with van der Waals surface area (Å²) < 4.78 is 14.6. The van der Waals surface area contributed by atoms with Crippen molar-refractivity contribution in [2.75, 3.05) is 0 Å². The first-order valence-electron chi connectivity index (χ1n) is 23.4. The van der Waals surface area contributed by atoms with E-state index in [0.717, 1.165) is 60.7 Å². The average molecular weight is 881 g/mol. The van der Waals surface area contributed by atoms with Gasteiger partial charge in [-0.3, -0.25) is 0 Å². The van der Waals surface area contributed by atoms with E-state index in [0.29, 0.717) is 5.71 Å². The smallest absolute Gasteiger partial charge is 0.227 e. The Hall–Kier alpha value is -9.25. The molecule has 0 radical (unpaired) electrons. The summed E-state index contributed by atoms with van der Waals surface area (Å²) in [5, 5.41) is 6.80. The Morgan fingerprint density at radius 1 is 0.261 bits per heavy atom. The lowest BCUT2D eigenvalue weighted by Crippen LogP contribution is -1.93. The van der Waals surface area contributed by atoms with Gasteiger partial charge in [-0.15, -0.1) is 0 Å². The summed E-state index contributed by atoms with van der Waals surface area (Å²) >= 11 is 0. The van der Waals surface area contributed by atoms with Crippen molar-refractivity contribution in [2.24, 2.45) is 0 Å². The Labute approximate surface area is 397 Å². The van der Waals surface area contributed by atoms with Gasteiger partial charge in [-0.05, 0) is 170 Å². The number of benzene rings is 10. The van der Waals surface area contributed by atoms with Crippen LogP contribution >= 0.6 is 0 Å². The van der Waals surface area contributed by atoms with Gasteiger partial charge in [-0.2, -0.15) is 0 Å². The minimum absolute atomic E-state index is 0.664. The Bertz CT molecular complexity index is 4060. The molecule has 0 unspecified atom stereocenters. The highest BCUT2D eigenvalue weighted by Gasteiger charge is 2.17. The van der Waals surface area contributed by atoms with Gasteiger partial charge in [0.25, 0.3) is 0 Å². The van der Waals surface area contributed by atoms with Crippen LogP contribution in [0, 0.1) is 0 Å². The van der Waals surface area contributed by atoms with Gasteiger partial charge in [-0.25, -0.2) is 4.98 Å². The van der Waals surface area contributed by atoms with Crippen LogP contribution in [-0.4, -0.2) is 9.55 Å². The molecular formula is C65H40N2O2. The molecule has 0 fully saturated rings. The Balaban J connectivity index is 0.829. The second kappa shape index (κ2) is 15.7. The Morgan fingerprint density at radius 2 is 0.652 bits per heavy atom. The third-order valence-corrected chi connectivity index (χ3v) is 13.9. The van der Waals surface area contributed by atoms with Gasteiger partial charge in [0.2, 0.25) is 5.71 Å². The summed E-state index contributed by atoms with van der Waals surface area (Å²) in [5.41, 5.74) is 20.8. The maximum absolute atomic E-state index is 6.14. The van der Waals surface area contributed by atoms with Crippen LogP contribution in [0.25, 0.3) is 138 Å². The molecule has 4 nitrogen and oxygen atoms in total. The van der Waals surface area contributed by atoms with Gasteiger partial charge < -0.3 is 13.4 Å². The fraction of sp³-hybridized carbons (Fsp3) is 0. The molecule has 0 aliphatic heterocycles. The number of para-hydroxylation sites is 2. The standard InChI is InChI=1S/C65H40N2O2/c1-2-19-53(20-3-1)67-60-28-24-49(45-15-6-11-41(33-45)43-13-8-17-47(35-43)51-26-30-63-58(39-51)54-21-4-5-23-62(54)68-63)37-56(60)57-38-50(25-29-61(57)67)46-16-7-12-42(34-46)44-14-9-18-48(36-44)52-27-31-64-59(40-52)55-22-10-32-66-65(55)69-64/h1-40H. The van der Waals surface area contributed by atoms with Gasteiger partial charge >= 0.3 is 0 Å². The highest BCUT2D eigenvalue weighted by Crippen LogP contribution is 2.40. The number of rotatable bonds is 7. The van der Waals surface area contributed by atoms with Gasteiger partial charge in [0.15, 0.2) is 0 Å². The zero-order valence-electron chi connectivity index (χ0n) is 37.3. The van der Waals surface area contributed by atoms with Crippen molar-refractivity contribution in [3.05, 3.63) is 243 Å². The first kappa shape index (κ1) is 39.0. The predicted molar refractivity (Wildman–Crippen MR) is 286 cm³/mol. The lowest BCUT2D eigenvalue weighted by Gasteiger charge is -2.10. The molecule has 322 valence electrons. The molecule has 0 saturated heterocycles. The third-order valence-electron chi connectivity index (χ3n) is 13.9. The van der Waals surface area contributed by atoms with Crippen molar-refractivity contribution in [2.45, 2.75) is 0 Å². The lowest BCUT2D eigenvalue weighted by atomic mass is 9.94. The number of nitrogens with zero attached hydrogens (tertiary/aromatic N) is 2. The van der Waals surface area contributed by atoms with E-state index in [1.54, 1.807) is 6.20 Å². The van der Waals surface area contributed by atoms with Gasteiger partial charge in [0.1, 0.15) is 16.7 Å². The van der Waals surface area contributed by atoms with E-state index < -0.39 is 0 Å². The molecule has 0 aliphatic carbocycles. The summed E-state index contributed by atoms with van der Waals surface area (Å²) in [7, 11) is 0. The Kier molecular flexibility index (Phi) is 8.86. The molecule has 14 aromatic rings. The van der Waals surface area contributed by atoms with Crippen molar-refractivity contribution in [3.63, 3.8) is 0 Å². The second-order valence-electron chi connectivity index (χ2n) is 17.9. The van der Waals surface area contributed by atoms with Crippen LogP contribution in [0.2, 0.25) is 0 Å². The van der Waals surface area contributed by atoms with Crippen molar-refractivity contribution >= 4 is 65.8 Å². The molecule has 14 rings (SSSR count). The minimum atomic E-state index is 0.664. The van der Waals surface area contributed by atoms with E-state index in [4.69, 9.17) is 8.83 Å². The predicted octanol–water partition coefficient (Wildman–Crippen LogP) is 18.0. The number of hydrogen-bond donors (Lipinski definition) is 0. The molecule has 0 saturated carbocycles. The Morgan fingerprint density at radius 3 is 1.17 bits per heavy atom. The van der Waals surface area contributed by atoms with Crippen LogP contribution in [0.4, 0.5) is 0 Å². The van der Waals surface area contributed by atoms with Crippen molar-refractivity contribution in [1.82, 2.24) is 9.55 Å².